The summed E-state index contributed by atoms with van der Waals surface area (Å²) < 4.78 is 9.85. The van der Waals surface area contributed by atoms with Gasteiger partial charge in [-0.25, -0.2) is 4.79 Å². The number of amides is 2. The average Bonchev–Trinajstić information content (AvgIpc) is 2.48. The standard InChI is InChI=1S/C14H27N3O4/c1-3-21-14(19)17-9-5-12(6-10-17)15-7-4-13(18)16-8-11-20-2/h12,15H,3-11H2,1-2H3,(H,16,18). The molecule has 0 unspecified atom stereocenters. The molecule has 1 saturated heterocycles. The maximum atomic E-state index is 11.6. The second-order valence-corrected chi connectivity index (χ2v) is 5.01. The van der Waals surface area contributed by atoms with E-state index in [0.717, 1.165) is 12.8 Å². The molecule has 0 atom stereocenters. The molecule has 0 radical (unpaired) electrons. The SMILES string of the molecule is CCOC(=O)N1CCC(NCCC(=O)NCCOC)CC1. The number of methoxy groups -OCH3 is 1. The molecule has 1 aliphatic heterocycles. The molecule has 1 heterocycles. The van der Waals surface area contributed by atoms with Crippen LogP contribution in [0.4, 0.5) is 4.79 Å². The first-order valence-corrected chi connectivity index (χ1v) is 7.58. The van der Waals surface area contributed by atoms with Gasteiger partial charge in [0.2, 0.25) is 5.91 Å². The van der Waals surface area contributed by atoms with Gasteiger partial charge in [0.1, 0.15) is 0 Å². The summed E-state index contributed by atoms with van der Waals surface area (Å²) in [6.07, 6.45) is 2.02. The van der Waals surface area contributed by atoms with Crippen LogP contribution in [-0.2, 0) is 14.3 Å². The number of piperidine rings is 1. The summed E-state index contributed by atoms with van der Waals surface area (Å²) >= 11 is 0. The van der Waals surface area contributed by atoms with Crippen LogP contribution in [0.25, 0.3) is 0 Å². The number of rotatable bonds is 8. The predicted octanol–water partition coefficient (Wildman–Crippen LogP) is 0.350. The fraction of sp³-hybridized carbons (Fsp3) is 0.857. The molecule has 0 saturated carbocycles. The number of carbonyl (C=O) groups excluding carboxylic acids is 2. The number of nitrogens with zero attached hydrogens (tertiary/aromatic N) is 1. The number of carbonyl (C=O) groups is 2. The van der Waals surface area contributed by atoms with Crippen LogP contribution in [0.2, 0.25) is 0 Å². The van der Waals surface area contributed by atoms with E-state index in [9.17, 15) is 9.59 Å². The zero-order valence-electron chi connectivity index (χ0n) is 13.0. The highest BCUT2D eigenvalue weighted by molar-refractivity contribution is 5.76. The van der Waals surface area contributed by atoms with Gasteiger partial charge in [0.25, 0.3) is 0 Å². The van der Waals surface area contributed by atoms with E-state index in [4.69, 9.17) is 9.47 Å². The van der Waals surface area contributed by atoms with Crippen molar-refractivity contribution in [1.82, 2.24) is 15.5 Å². The minimum atomic E-state index is -0.228. The van der Waals surface area contributed by atoms with Gasteiger partial charge in [0.05, 0.1) is 13.2 Å². The first-order chi connectivity index (χ1) is 10.2. The molecule has 0 aromatic rings. The van der Waals surface area contributed by atoms with Gasteiger partial charge in [0, 0.05) is 45.8 Å². The van der Waals surface area contributed by atoms with Gasteiger partial charge in [-0.1, -0.05) is 0 Å². The van der Waals surface area contributed by atoms with Crippen molar-refractivity contribution >= 4 is 12.0 Å². The van der Waals surface area contributed by atoms with E-state index in [0.29, 0.717) is 51.9 Å². The Bertz CT molecular complexity index is 317. The summed E-state index contributed by atoms with van der Waals surface area (Å²) in [5.74, 6) is 0.0310. The van der Waals surface area contributed by atoms with Crippen molar-refractivity contribution in [3.63, 3.8) is 0 Å². The second-order valence-electron chi connectivity index (χ2n) is 5.01. The van der Waals surface area contributed by atoms with Gasteiger partial charge in [-0.05, 0) is 19.8 Å². The maximum Gasteiger partial charge on any atom is 0.409 e. The van der Waals surface area contributed by atoms with E-state index in [2.05, 4.69) is 10.6 Å². The lowest BCUT2D eigenvalue weighted by Crippen LogP contribution is -2.45. The smallest absolute Gasteiger partial charge is 0.409 e. The van der Waals surface area contributed by atoms with Crippen molar-refractivity contribution in [2.75, 3.05) is 46.5 Å². The lowest BCUT2D eigenvalue weighted by atomic mass is 10.1. The van der Waals surface area contributed by atoms with Crippen molar-refractivity contribution in [1.29, 1.82) is 0 Å². The van der Waals surface area contributed by atoms with E-state index in [-0.39, 0.29) is 12.0 Å². The van der Waals surface area contributed by atoms with Crippen molar-refractivity contribution in [3.05, 3.63) is 0 Å². The number of hydrogen-bond donors (Lipinski definition) is 2. The van der Waals surface area contributed by atoms with Crippen LogP contribution in [0.15, 0.2) is 0 Å². The lowest BCUT2D eigenvalue weighted by molar-refractivity contribution is -0.121. The Balaban J connectivity index is 2.07. The molecule has 2 N–H and O–H groups in total. The first kappa shape index (κ1) is 17.7. The first-order valence-electron chi connectivity index (χ1n) is 7.58. The summed E-state index contributed by atoms with van der Waals surface area (Å²) in [6, 6.07) is 0.363. The molecule has 0 aromatic carbocycles. The summed E-state index contributed by atoms with van der Waals surface area (Å²) in [6.45, 7) is 5.37. The van der Waals surface area contributed by atoms with E-state index in [1.165, 1.54) is 0 Å². The predicted molar refractivity (Wildman–Crippen MR) is 79.1 cm³/mol. The monoisotopic (exact) mass is 301 g/mol. The summed E-state index contributed by atoms with van der Waals surface area (Å²) in [7, 11) is 1.61. The van der Waals surface area contributed by atoms with Gasteiger partial charge in [0.15, 0.2) is 0 Å². The topological polar surface area (TPSA) is 79.9 Å². The minimum Gasteiger partial charge on any atom is -0.450 e. The molecule has 0 spiro atoms. The summed E-state index contributed by atoms with van der Waals surface area (Å²) in [4.78, 5) is 24.8. The normalized spacial score (nSPS) is 15.8. The molecule has 2 amide bonds. The quantitative estimate of drug-likeness (QED) is 0.632. The van der Waals surface area contributed by atoms with Crippen LogP contribution < -0.4 is 10.6 Å². The third-order valence-corrected chi connectivity index (χ3v) is 3.43. The van der Waals surface area contributed by atoms with Crippen molar-refractivity contribution in [3.8, 4) is 0 Å². The lowest BCUT2D eigenvalue weighted by Gasteiger charge is -2.31. The molecule has 1 fully saturated rings. The van der Waals surface area contributed by atoms with Crippen molar-refractivity contribution in [2.24, 2.45) is 0 Å². The van der Waals surface area contributed by atoms with E-state index < -0.39 is 0 Å². The van der Waals surface area contributed by atoms with Crippen molar-refractivity contribution in [2.45, 2.75) is 32.2 Å². The van der Waals surface area contributed by atoms with Gasteiger partial charge in [-0.15, -0.1) is 0 Å². The molecular formula is C14H27N3O4. The molecule has 21 heavy (non-hydrogen) atoms. The Hall–Kier alpha value is -1.34. The third-order valence-electron chi connectivity index (χ3n) is 3.43. The van der Waals surface area contributed by atoms with Crippen LogP contribution in [-0.4, -0.2) is 69.4 Å². The van der Waals surface area contributed by atoms with Crippen molar-refractivity contribution < 1.29 is 19.1 Å². The van der Waals surface area contributed by atoms with E-state index in [1.807, 2.05) is 6.92 Å². The number of likely N-dealkylation sites (tertiary alicyclic amines) is 1. The summed E-state index contributed by atoms with van der Waals surface area (Å²) in [5, 5.41) is 6.15. The molecule has 1 rings (SSSR count). The van der Waals surface area contributed by atoms with Crippen LogP contribution >= 0.6 is 0 Å². The fourth-order valence-corrected chi connectivity index (χ4v) is 2.25. The molecule has 122 valence electrons. The molecule has 0 bridgehead atoms. The average molecular weight is 301 g/mol. The van der Waals surface area contributed by atoms with E-state index in [1.54, 1.807) is 12.0 Å². The van der Waals surface area contributed by atoms with Gasteiger partial charge >= 0.3 is 6.09 Å². The Morgan fingerprint density at radius 2 is 1.95 bits per heavy atom. The molecule has 0 aliphatic carbocycles. The fourth-order valence-electron chi connectivity index (χ4n) is 2.25. The zero-order chi connectivity index (χ0) is 15.5. The van der Waals surface area contributed by atoms with Gasteiger partial charge < -0.3 is 25.0 Å². The highest BCUT2D eigenvalue weighted by Gasteiger charge is 2.23. The van der Waals surface area contributed by atoms with Crippen LogP contribution in [0.3, 0.4) is 0 Å². The Morgan fingerprint density at radius 3 is 2.57 bits per heavy atom. The maximum absolute atomic E-state index is 11.6. The number of hydrogen-bond acceptors (Lipinski definition) is 5. The number of nitrogens with one attached hydrogen (secondary N) is 2. The molecule has 0 aromatic heterocycles. The second kappa shape index (κ2) is 10.4. The van der Waals surface area contributed by atoms with Gasteiger partial charge in [-0.3, -0.25) is 4.79 Å². The molecule has 7 nitrogen and oxygen atoms in total. The van der Waals surface area contributed by atoms with Crippen LogP contribution in [0.1, 0.15) is 26.2 Å². The molecular weight excluding hydrogens is 274 g/mol. The van der Waals surface area contributed by atoms with Crippen LogP contribution in [0, 0.1) is 0 Å². The Kier molecular flexibility index (Phi) is 8.77. The highest BCUT2D eigenvalue weighted by Crippen LogP contribution is 2.11. The largest absolute Gasteiger partial charge is 0.450 e. The Labute approximate surface area is 126 Å². The zero-order valence-corrected chi connectivity index (χ0v) is 13.0. The minimum absolute atomic E-state index is 0.0310. The number of ether oxygens (including phenoxy) is 2. The highest BCUT2D eigenvalue weighted by atomic mass is 16.6. The Morgan fingerprint density at radius 1 is 1.24 bits per heavy atom. The molecule has 7 heteroatoms. The molecule has 1 aliphatic rings. The van der Waals surface area contributed by atoms with Crippen LogP contribution in [0.5, 0.6) is 0 Å². The summed E-state index contributed by atoms with van der Waals surface area (Å²) in [5.41, 5.74) is 0. The third kappa shape index (κ3) is 7.29. The van der Waals surface area contributed by atoms with E-state index >= 15 is 0 Å². The van der Waals surface area contributed by atoms with Gasteiger partial charge in [-0.2, -0.15) is 0 Å².